The van der Waals surface area contributed by atoms with Crippen LogP contribution in [0.3, 0.4) is 0 Å². The number of hydrogen-bond acceptors (Lipinski definition) is 5. The van der Waals surface area contributed by atoms with Crippen molar-refractivity contribution in [3.05, 3.63) is 12.2 Å². The molecule has 2 atom stereocenters. The van der Waals surface area contributed by atoms with Gasteiger partial charge in [0.2, 0.25) is 6.39 Å². The molecule has 2 rings (SSSR count). The maximum absolute atomic E-state index is 4.78. The number of nitrogens with zero attached hydrogens (tertiary/aromatic N) is 3. The highest BCUT2D eigenvalue weighted by atomic mass is 16.5. The monoisotopic (exact) mass is 224 g/mol. The lowest BCUT2D eigenvalue weighted by Gasteiger charge is -2.40. The molecule has 1 aromatic rings. The van der Waals surface area contributed by atoms with Gasteiger partial charge >= 0.3 is 0 Å². The maximum atomic E-state index is 4.78. The molecule has 2 unspecified atom stereocenters. The van der Waals surface area contributed by atoms with E-state index in [2.05, 4.69) is 41.1 Å². The third kappa shape index (κ3) is 2.59. The molecule has 90 valence electrons. The highest BCUT2D eigenvalue weighted by Gasteiger charge is 2.28. The molecule has 5 nitrogen and oxygen atoms in total. The first-order valence-electron chi connectivity index (χ1n) is 5.89. The lowest BCUT2D eigenvalue weighted by atomic mass is 9.99. The van der Waals surface area contributed by atoms with Crippen LogP contribution in [0.5, 0.6) is 0 Å². The molecule has 0 bridgehead atoms. The smallest absolute Gasteiger partial charge is 0.213 e. The summed E-state index contributed by atoms with van der Waals surface area (Å²) >= 11 is 0. The number of aromatic nitrogens is 2. The van der Waals surface area contributed by atoms with E-state index in [0.29, 0.717) is 18.0 Å². The Labute approximate surface area is 96.2 Å². The van der Waals surface area contributed by atoms with Crippen molar-refractivity contribution in [3.63, 3.8) is 0 Å². The quantitative estimate of drug-likeness (QED) is 0.826. The van der Waals surface area contributed by atoms with Crippen LogP contribution in [-0.2, 0) is 6.54 Å². The first-order valence-corrected chi connectivity index (χ1v) is 5.89. The van der Waals surface area contributed by atoms with Crippen LogP contribution in [0.15, 0.2) is 10.9 Å². The fourth-order valence-corrected chi connectivity index (χ4v) is 2.29. The van der Waals surface area contributed by atoms with E-state index in [1.165, 1.54) is 6.39 Å². The largest absolute Gasteiger partial charge is 0.343 e. The summed E-state index contributed by atoms with van der Waals surface area (Å²) in [5, 5.41) is 7.40. The molecule has 5 heteroatoms. The van der Waals surface area contributed by atoms with Crippen molar-refractivity contribution < 1.29 is 4.52 Å². The number of nitrogens with one attached hydrogen (secondary N) is 1. The second kappa shape index (κ2) is 4.93. The van der Waals surface area contributed by atoms with E-state index >= 15 is 0 Å². The van der Waals surface area contributed by atoms with E-state index in [-0.39, 0.29) is 0 Å². The topological polar surface area (TPSA) is 54.2 Å². The first kappa shape index (κ1) is 11.5. The van der Waals surface area contributed by atoms with Crippen LogP contribution >= 0.6 is 0 Å². The van der Waals surface area contributed by atoms with Crippen LogP contribution in [0.1, 0.15) is 26.6 Å². The van der Waals surface area contributed by atoms with E-state index in [1.54, 1.807) is 0 Å². The summed E-state index contributed by atoms with van der Waals surface area (Å²) in [6.45, 7) is 9.58. The van der Waals surface area contributed by atoms with Gasteiger partial charge in [-0.25, -0.2) is 0 Å². The van der Waals surface area contributed by atoms with Gasteiger partial charge in [0.15, 0.2) is 5.82 Å². The summed E-state index contributed by atoms with van der Waals surface area (Å²) in [5.74, 6) is 1.41. The van der Waals surface area contributed by atoms with Crippen LogP contribution < -0.4 is 5.32 Å². The van der Waals surface area contributed by atoms with Gasteiger partial charge in [-0.3, -0.25) is 4.90 Å². The van der Waals surface area contributed by atoms with Crippen LogP contribution in [-0.4, -0.2) is 40.2 Å². The lowest BCUT2D eigenvalue weighted by Crippen LogP contribution is -2.56. The Hall–Kier alpha value is -0.940. The van der Waals surface area contributed by atoms with Gasteiger partial charge in [0.05, 0.1) is 6.54 Å². The second-order valence-electron chi connectivity index (χ2n) is 4.90. The van der Waals surface area contributed by atoms with Crippen molar-refractivity contribution in [2.24, 2.45) is 5.92 Å². The van der Waals surface area contributed by atoms with Crippen molar-refractivity contribution in [3.8, 4) is 0 Å². The van der Waals surface area contributed by atoms with Crippen molar-refractivity contribution in [2.45, 2.75) is 39.4 Å². The summed E-state index contributed by atoms with van der Waals surface area (Å²) in [5.41, 5.74) is 0. The molecule has 0 aromatic carbocycles. The van der Waals surface area contributed by atoms with Crippen molar-refractivity contribution in [2.75, 3.05) is 13.1 Å². The maximum Gasteiger partial charge on any atom is 0.213 e. The lowest BCUT2D eigenvalue weighted by molar-refractivity contribution is 0.0920. The van der Waals surface area contributed by atoms with E-state index in [1.807, 2.05) is 0 Å². The molecule has 0 amide bonds. The molecule has 1 aliphatic rings. The fraction of sp³-hybridized carbons (Fsp3) is 0.818. The van der Waals surface area contributed by atoms with Crippen LogP contribution in [0, 0.1) is 5.92 Å². The Bertz CT molecular complexity index is 312. The van der Waals surface area contributed by atoms with Crippen molar-refractivity contribution in [1.29, 1.82) is 0 Å². The predicted molar refractivity (Wildman–Crippen MR) is 60.8 cm³/mol. The zero-order chi connectivity index (χ0) is 11.5. The summed E-state index contributed by atoms with van der Waals surface area (Å²) in [4.78, 5) is 6.53. The van der Waals surface area contributed by atoms with Crippen LogP contribution in [0.4, 0.5) is 0 Å². The van der Waals surface area contributed by atoms with Gasteiger partial charge in [0.25, 0.3) is 0 Å². The summed E-state index contributed by atoms with van der Waals surface area (Å²) < 4.78 is 4.78. The highest BCUT2D eigenvalue weighted by molar-refractivity contribution is 4.89. The number of piperazine rings is 1. The Morgan fingerprint density at radius 3 is 3.06 bits per heavy atom. The zero-order valence-electron chi connectivity index (χ0n) is 10.2. The van der Waals surface area contributed by atoms with Gasteiger partial charge in [-0.05, 0) is 12.8 Å². The molecule has 1 saturated heterocycles. The normalized spacial score (nSPS) is 27.5. The molecule has 1 aromatic heterocycles. The first-order chi connectivity index (χ1) is 7.66. The van der Waals surface area contributed by atoms with E-state index < -0.39 is 0 Å². The standard InChI is InChI=1S/C11H20N4O/c1-8(2)10-4-12-9(3)5-15(10)6-11-13-7-16-14-11/h7-10,12H,4-6H2,1-3H3. The molecular formula is C11H20N4O. The summed E-state index contributed by atoms with van der Waals surface area (Å²) in [6.07, 6.45) is 1.39. The van der Waals surface area contributed by atoms with Crippen molar-refractivity contribution in [1.82, 2.24) is 20.4 Å². The zero-order valence-corrected chi connectivity index (χ0v) is 10.2. The Morgan fingerprint density at radius 2 is 2.44 bits per heavy atom. The molecule has 16 heavy (non-hydrogen) atoms. The van der Waals surface area contributed by atoms with Crippen LogP contribution in [0.2, 0.25) is 0 Å². The minimum Gasteiger partial charge on any atom is -0.343 e. The number of rotatable bonds is 3. The Balaban J connectivity index is 2.02. The minimum absolute atomic E-state index is 0.530. The molecule has 1 fully saturated rings. The molecule has 0 aliphatic carbocycles. The molecule has 1 aliphatic heterocycles. The second-order valence-corrected chi connectivity index (χ2v) is 4.90. The average Bonchev–Trinajstić information content (AvgIpc) is 2.70. The third-order valence-corrected chi connectivity index (χ3v) is 3.17. The van der Waals surface area contributed by atoms with Crippen LogP contribution in [0.25, 0.3) is 0 Å². The highest BCUT2D eigenvalue weighted by Crippen LogP contribution is 2.16. The third-order valence-electron chi connectivity index (χ3n) is 3.17. The van der Waals surface area contributed by atoms with Gasteiger partial charge in [-0.2, -0.15) is 4.98 Å². The summed E-state index contributed by atoms with van der Waals surface area (Å²) in [6, 6.07) is 1.08. The SMILES string of the molecule is CC1CN(Cc2ncon2)C(C(C)C)CN1. The van der Waals surface area contributed by atoms with E-state index in [9.17, 15) is 0 Å². The van der Waals surface area contributed by atoms with Gasteiger partial charge in [-0.15, -0.1) is 0 Å². The molecule has 0 spiro atoms. The summed E-state index contributed by atoms with van der Waals surface area (Å²) in [7, 11) is 0. The molecule has 0 radical (unpaired) electrons. The molecule has 0 saturated carbocycles. The fourth-order valence-electron chi connectivity index (χ4n) is 2.29. The van der Waals surface area contributed by atoms with E-state index in [4.69, 9.17) is 4.52 Å². The van der Waals surface area contributed by atoms with E-state index in [0.717, 1.165) is 25.5 Å². The van der Waals surface area contributed by atoms with Gasteiger partial charge in [0.1, 0.15) is 0 Å². The van der Waals surface area contributed by atoms with Gasteiger partial charge in [-0.1, -0.05) is 19.0 Å². The molecule has 1 N–H and O–H groups in total. The van der Waals surface area contributed by atoms with Crippen molar-refractivity contribution >= 4 is 0 Å². The minimum atomic E-state index is 0.530. The van der Waals surface area contributed by atoms with Gasteiger partial charge in [0, 0.05) is 25.2 Å². The predicted octanol–water partition coefficient (Wildman–Crippen LogP) is 0.888. The Morgan fingerprint density at radius 1 is 1.62 bits per heavy atom. The molecule has 2 heterocycles. The average molecular weight is 224 g/mol. The number of hydrogen-bond donors (Lipinski definition) is 1. The Kier molecular flexibility index (Phi) is 3.56. The molecular weight excluding hydrogens is 204 g/mol. The van der Waals surface area contributed by atoms with Gasteiger partial charge < -0.3 is 9.84 Å².